The third-order valence-corrected chi connectivity index (χ3v) is 3.07. The highest BCUT2D eigenvalue weighted by molar-refractivity contribution is 7.99. The molecule has 0 aliphatic carbocycles. The number of esters is 1. The Morgan fingerprint density at radius 2 is 2.31 bits per heavy atom. The van der Waals surface area contributed by atoms with E-state index in [0.29, 0.717) is 12.8 Å². The van der Waals surface area contributed by atoms with Gasteiger partial charge in [-0.25, -0.2) is 4.39 Å². The maximum Gasteiger partial charge on any atom is 0.305 e. The third-order valence-electron chi connectivity index (χ3n) is 1.99. The summed E-state index contributed by atoms with van der Waals surface area (Å²) in [6.07, 6.45) is 1.10. The van der Waals surface area contributed by atoms with Gasteiger partial charge in [-0.2, -0.15) is 0 Å². The van der Waals surface area contributed by atoms with E-state index in [1.54, 1.807) is 6.07 Å². The Morgan fingerprint density at radius 3 is 2.94 bits per heavy atom. The Kier molecular flexibility index (Phi) is 5.11. The SMILES string of the molecule is COC(=O)CCCSc1ccc(N)c(F)c1. The lowest BCUT2D eigenvalue weighted by molar-refractivity contribution is -0.140. The molecule has 1 aromatic rings. The van der Waals surface area contributed by atoms with Gasteiger partial charge >= 0.3 is 5.97 Å². The molecule has 0 heterocycles. The molecule has 1 rings (SSSR count). The molecule has 0 saturated carbocycles. The summed E-state index contributed by atoms with van der Waals surface area (Å²) in [6.45, 7) is 0. The molecule has 1 aromatic carbocycles. The van der Waals surface area contributed by atoms with Crippen molar-refractivity contribution in [1.82, 2.24) is 0 Å². The second kappa shape index (κ2) is 6.37. The van der Waals surface area contributed by atoms with E-state index >= 15 is 0 Å². The lowest BCUT2D eigenvalue weighted by atomic mass is 10.3. The fourth-order valence-corrected chi connectivity index (χ4v) is 1.98. The summed E-state index contributed by atoms with van der Waals surface area (Å²) in [5.41, 5.74) is 5.51. The van der Waals surface area contributed by atoms with Crippen LogP contribution in [0.25, 0.3) is 0 Å². The van der Waals surface area contributed by atoms with Crippen molar-refractivity contribution in [2.75, 3.05) is 18.6 Å². The molecule has 16 heavy (non-hydrogen) atoms. The first-order valence-electron chi connectivity index (χ1n) is 4.88. The highest BCUT2D eigenvalue weighted by atomic mass is 32.2. The van der Waals surface area contributed by atoms with Crippen molar-refractivity contribution < 1.29 is 13.9 Å². The van der Waals surface area contributed by atoms with Crippen LogP contribution in [-0.4, -0.2) is 18.8 Å². The van der Waals surface area contributed by atoms with Crippen LogP contribution < -0.4 is 5.73 Å². The van der Waals surface area contributed by atoms with E-state index in [0.717, 1.165) is 10.6 Å². The molecule has 0 aromatic heterocycles. The minimum Gasteiger partial charge on any atom is -0.469 e. The molecule has 0 unspecified atom stereocenters. The van der Waals surface area contributed by atoms with Crippen LogP contribution in [0.15, 0.2) is 23.1 Å². The van der Waals surface area contributed by atoms with Gasteiger partial charge in [-0.1, -0.05) is 0 Å². The zero-order valence-electron chi connectivity index (χ0n) is 9.03. The molecule has 0 saturated heterocycles. The Bertz CT molecular complexity index is 371. The van der Waals surface area contributed by atoms with Crippen molar-refractivity contribution >= 4 is 23.4 Å². The molecule has 0 aliphatic heterocycles. The molecule has 0 atom stereocenters. The number of ether oxygens (including phenoxy) is 1. The van der Waals surface area contributed by atoms with Gasteiger partial charge in [-0.15, -0.1) is 11.8 Å². The van der Waals surface area contributed by atoms with Gasteiger partial charge < -0.3 is 10.5 Å². The average molecular weight is 243 g/mol. The minimum absolute atomic E-state index is 0.152. The Balaban J connectivity index is 2.32. The van der Waals surface area contributed by atoms with Gasteiger partial charge in [0.1, 0.15) is 5.82 Å². The Hall–Kier alpha value is -1.23. The summed E-state index contributed by atoms with van der Waals surface area (Å²) < 4.78 is 17.6. The highest BCUT2D eigenvalue weighted by Gasteiger charge is 2.02. The zero-order chi connectivity index (χ0) is 12.0. The number of thioether (sulfide) groups is 1. The number of benzene rings is 1. The number of rotatable bonds is 5. The van der Waals surface area contributed by atoms with Crippen LogP contribution in [0.5, 0.6) is 0 Å². The van der Waals surface area contributed by atoms with E-state index in [9.17, 15) is 9.18 Å². The molecule has 0 aliphatic rings. The summed E-state index contributed by atoms with van der Waals surface area (Å²) in [4.78, 5) is 11.6. The molecule has 2 N–H and O–H groups in total. The number of anilines is 1. The lowest BCUT2D eigenvalue weighted by Crippen LogP contribution is -2.00. The first-order valence-corrected chi connectivity index (χ1v) is 5.86. The molecule has 0 radical (unpaired) electrons. The highest BCUT2D eigenvalue weighted by Crippen LogP contribution is 2.22. The fraction of sp³-hybridized carbons (Fsp3) is 0.364. The van der Waals surface area contributed by atoms with Gasteiger partial charge in [0.15, 0.2) is 0 Å². The van der Waals surface area contributed by atoms with Crippen LogP contribution in [0, 0.1) is 5.82 Å². The van der Waals surface area contributed by atoms with Gasteiger partial charge in [0.25, 0.3) is 0 Å². The van der Waals surface area contributed by atoms with E-state index in [2.05, 4.69) is 4.74 Å². The van der Waals surface area contributed by atoms with Gasteiger partial charge in [0.05, 0.1) is 12.8 Å². The second-order valence-electron chi connectivity index (χ2n) is 3.21. The van der Waals surface area contributed by atoms with Crippen molar-refractivity contribution in [2.45, 2.75) is 17.7 Å². The summed E-state index contributed by atoms with van der Waals surface area (Å²) in [5.74, 6) is 0.125. The molecule has 0 bridgehead atoms. The van der Waals surface area contributed by atoms with Crippen LogP contribution in [0.1, 0.15) is 12.8 Å². The largest absolute Gasteiger partial charge is 0.469 e. The van der Waals surface area contributed by atoms with Gasteiger partial charge in [0, 0.05) is 11.3 Å². The molecule has 0 fully saturated rings. The van der Waals surface area contributed by atoms with E-state index in [1.807, 2.05) is 0 Å². The zero-order valence-corrected chi connectivity index (χ0v) is 9.85. The smallest absolute Gasteiger partial charge is 0.305 e. The van der Waals surface area contributed by atoms with E-state index in [1.165, 1.54) is 31.0 Å². The predicted molar refractivity (Wildman–Crippen MR) is 62.8 cm³/mol. The number of methoxy groups -OCH3 is 1. The number of hydrogen-bond donors (Lipinski definition) is 1. The lowest BCUT2D eigenvalue weighted by Gasteiger charge is -2.03. The molecular formula is C11H14FNO2S. The number of hydrogen-bond acceptors (Lipinski definition) is 4. The van der Waals surface area contributed by atoms with Crippen LogP contribution in [0.4, 0.5) is 10.1 Å². The first kappa shape index (κ1) is 12.8. The Morgan fingerprint density at radius 1 is 1.56 bits per heavy atom. The van der Waals surface area contributed by atoms with Crippen molar-refractivity contribution in [1.29, 1.82) is 0 Å². The molecule has 0 amide bonds. The predicted octanol–water partition coefficient (Wildman–Crippen LogP) is 2.45. The van der Waals surface area contributed by atoms with Crippen molar-refractivity contribution in [2.24, 2.45) is 0 Å². The van der Waals surface area contributed by atoms with E-state index in [4.69, 9.17) is 5.73 Å². The molecule has 0 spiro atoms. The number of carbonyl (C=O) groups is 1. The van der Waals surface area contributed by atoms with Crippen molar-refractivity contribution in [3.05, 3.63) is 24.0 Å². The molecule has 3 nitrogen and oxygen atoms in total. The number of carbonyl (C=O) groups excluding carboxylic acids is 1. The quantitative estimate of drug-likeness (QED) is 0.373. The molecular weight excluding hydrogens is 229 g/mol. The summed E-state index contributed by atoms with van der Waals surface area (Å²) in [5, 5.41) is 0. The van der Waals surface area contributed by atoms with Crippen LogP contribution in [-0.2, 0) is 9.53 Å². The van der Waals surface area contributed by atoms with E-state index < -0.39 is 5.82 Å². The molecule has 88 valence electrons. The maximum atomic E-state index is 13.1. The number of halogens is 1. The van der Waals surface area contributed by atoms with Gasteiger partial charge in [-0.3, -0.25) is 4.79 Å². The number of nitrogens with two attached hydrogens (primary N) is 1. The van der Waals surface area contributed by atoms with Crippen molar-refractivity contribution in [3.63, 3.8) is 0 Å². The normalized spacial score (nSPS) is 10.1. The van der Waals surface area contributed by atoms with Gasteiger partial charge in [0.2, 0.25) is 0 Å². The van der Waals surface area contributed by atoms with E-state index in [-0.39, 0.29) is 11.7 Å². The summed E-state index contributed by atoms with van der Waals surface area (Å²) in [6, 6.07) is 4.71. The molecule has 5 heteroatoms. The van der Waals surface area contributed by atoms with Crippen molar-refractivity contribution in [3.8, 4) is 0 Å². The maximum absolute atomic E-state index is 13.1. The monoisotopic (exact) mass is 243 g/mol. The Labute approximate surface area is 98.2 Å². The first-order chi connectivity index (χ1) is 7.63. The van der Waals surface area contributed by atoms with Gasteiger partial charge in [-0.05, 0) is 30.4 Å². The minimum atomic E-state index is -0.405. The summed E-state index contributed by atoms with van der Waals surface area (Å²) >= 11 is 1.49. The van der Waals surface area contributed by atoms with Crippen LogP contribution in [0.3, 0.4) is 0 Å². The summed E-state index contributed by atoms with van der Waals surface area (Å²) in [7, 11) is 1.37. The standard InChI is InChI=1S/C11H14FNO2S/c1-15-11(14)3-2-6-16-8-4-5-10(13)9(12)7-8/h4-5,7H,2-3,6,13H2,1H3. The second-order valence-corrected chi connectivity index (χ2v) is 4.38. The van der Waals surface area contributed by atoms with Crippen LogP contribution in [0.2, 0.25) is 0 Å². The fourth-order valence-electron chi connectivity index (χ4n) is 1.11. The van der Waals surface area contributed by atoms with Crippen LogP contribution >= 0.6 is 11.8 Å². The average Bonchev–Trinajstić information content (AvgIpc) is 2.28. The topological polar surface area (TPSA) is 52.3 Å². The number of nitrogen functional groups attached to an aromatic ring is 1. The third kappa shape index (κ3) is 4.10.